The Balaban J connectivity index is 1.54. The first-order chi connectivity index (χ1) is 17.6. The topological polar surface area (TPSA) is 106 Å². The van der Waals surface area contributed by atoms with Gasteiger partial charge in [-0.3, -0.25) is 19.5 Å². The molecule has 180 valence electrons. The molecule has 10 heteroatoms. The van der Waals surface area contributed by atoms with Gasteiger partial charge in [-0.1, -0.05) is 29.5 Å². The molecule has 2 aromatic carbocycles. The van der Waals surface area contributed by atoms with Crippen LogP contribution < -0.4 is 10.2 Å². The predicted octanol–water partition coefficient (Wildman–Crippen LogP) is 3.65. The highest BCUT2D eigenvalue weighted by Gasteiger charge is 2.33. The second kappa shape index (κ2) is 10.2. The zero-order chi connectivity index (χ0) is 24.9. The largest absolute Gasteiger partial charge is 0.467 e. The van der Waals surface area contributed by atoms with Gasteiger partial charge in [0, 0.05) is 23.6 Å². The summed E-state index contributed by atoms with van der Waals surface area (Å²) in [7, 11) is 0. The predicted molar refractivity (Wildman–Crippen MR) is 129 cm³/mol. The Kier molecular flexibility index (Phi) is 6.48. The summed E-state index contributed by atoms with van der Waals surface area (Å²) in [6.07, 6.45) is 4.57. The Labute approximate surface area is 205 Å². The van der Waals surface area contributed by atoms with Crippen LogP contribution in [-0.4, -0.2) is 31.8 Å². The van der Waals surface area contributed by atoms with E-state index in [4.69, 9.17) is 4.42 Å². The lowest BCUT2D eigenvalue weighted by atomic mass is 10.0. The highest BCUT2D eigenvalue weighted by molar-refractivity contribution is 6.01. The average molecular weight is 484 g/mol. The maximum atomic E-state index is 14.3. The van der Waals surface area contributed by atoms with Crippen molar-refractivity contribution in [3.63, 3.8) is 0 Å². The number of nitrogens with one attached hydrogen (secondary N) is 1. The Hall–Kier alpha value is -4.86. The van der Waals surface area contributed by atoms with Crippen molar-refractivity contribution in [1.29, 1.82) is 0 Å². The first kappa shape index (κ1) is 22.9. The molecule has 3 heterocycles. The minimum Gasteiger partial charge on any atom is -0.467 e. The van der Waals surface area contributed by atoms with Crippen molar-refractivity contribution >= 4 is 28.5 Å². The molecule has 0 aliphatic carbocycles. The molecule has 9 nitrogen and oxygen atoms in total. The number of amides is 2. The summed E-state index contributed by atoms with van der Waals surface area (Å²) in [6, 6.07) is 18.4. The Morgan fingerprint density at radius 1 is 1.06 bits per heavy atom. The summed E-state index contributed by atoms with van der Waals surface area (Å²) in [4.78, 5) is 32.8. The molecule has 0 aliphatic rings. The first-order valence-electron chi connectivity index (χ1n) is 11.2. The zero-order valence-electron chi connectivity index (χ0n) is 19.0. The number of furan rings is 1. The Morgan fingerprint density at radius 3 is 2.72 bits per heavy atom. The van der Waals surface area contributed by atoms with Gasteiger partial charge < -0.3 is 9.73 Å². The number of hydrogen-bond acceptors (Lipinski definition) is 6. The molecule has 0 spiro atoms. The molecule has 0 aliphatic heterocycles. The number of anilines is 1. The van der Waals surface area contributed by atoms with E-state index in [0.717, 1.165) is 0 Å². The second-order valence-corrected chi connectivity index (χ2v) is 7.97. The van der Waals surface area contributed by atoms with Crippen molar-refractivity contribution in [3.05, 3.63) is 109 Å². The van der Waals surface area contributed by atoms with Crippen LogP contribution in [-0.2, 0) is 22.7 Å². The fourth-order valence-electron chi connectivity index (χ4n) is 3.94. The van der Waals surface area contributed by atoms with Crippen LogP contribution in [0.25, 0.3) is 11.0 Å². The first-order valence-corrected chi connectivity index (χ1v) is 11.2. The molecule has 1 N–H and O–H groups in total. The SMILES string of the molecule is O=C(NCc1ccco1)C(c1cccnc1)N(C(=O)Cn1nnc2ccccc21)c1cccc(F)c1. The van der Waals surface area contributed by atoms with E-state index in [-0.39, 0.29) is 18.8 Å². The number of aromatic nitrogens is 4. The smallest absolute Gasteiger partial charge is 0.249 e. The normalized spacial score (nSPS) is 11.8. The van der Waals surface area contributed by atoms with Gasteiger partial charge in [0.2, 0.25) is 11.8 Å². The van der Waals surface area contributed by atoms with Crippen molar-refractivity contribution in [3.8, 4) is 0 Å². The van der Waals surface area contributed by atoms with E-state index >= 15 is 0 Å². The van der Waals surface area contributed by atoms with Gasteiger partial charge in [-0.2, -0.15) is 0 Å². The lowest BCUT2D eigenvalue weighted by Crippen LogP contribution is -2.45. The number of hydrogen-bond donors (Lipinski definition) is 1. The summed E-state index contributed by atoms with van der Waals surface area (Å²) in [5.41, 5.74) is 1.95. The number of para-hydroxylation sites is 1. The molecule has 36 heavy (non-hydrogen) atoms. The summed E-state index contributed by atoms with van der Waals surface area (Å²) in [5.74, 6) is -0.970. The molecule has 1 atom stereocenters. The van der Waals surface area contributed by atoms with Crippen molar-refractivity contribution in [2.45, 2.75) is 19.1 Å². The summed E-state index contributed by atoms with van der Waals surface area (Å²) in [5, 5.41) is 11.0. The van der Waals surface area contributed by atoms with Crippen LogP contribution >= 0.6 is 0 Å². The van der Waals surface area contributed by atoms with Crippen LogP contribution in [0.1, 0.15) is 17.4 Å². The molecule has 0 fully saturated rings. The minimum atomic E-state index is -1.14. The van der Waals surface area contributed by atoms with Gasteiger partial charge in [-0.05, 0) is 48.5 Å². The summed E-state index contributed by atoms with van der Waals surface area (Å²) < 4.78 is 21.0. The van der Waals surface area contributed by atoms with E-state index in [2.05, 4.69) is 20.6 Å². The third-order valence-corrected chi connectivity index (χ3v) is 5.58. The number of rotatable bonds is 8. The average Bonchev–Trinajstić information content (AvgIpc) is 3.56. The number of benzene rings is 2. The number of fused-ring (bicyclic) bond motifs is 1. The van der Waals surface area contributed by atoms with Gasteiger partial charge in [0.15, 0.2) is 0 Å². The molecule has 5 aromatic rings. The van der Waals surface area contributed by atoms with Gasteiger partial charge in [-0.15, -0.1) is 5.10 Å². The van der Waals surface area contributed by atoms with E-state index in [1.165, 1.54) is 40.2 Å². The number of nitrogens with zero attached hydrogens (tertiary/aromatic N) is 5. The van der Waals surface area contributed by atoms with Crippen LogP contribution in [0.15, 0.2) is 95.9 Å². The fraction of sp³-hybridized carbons (Fsp3) is 0.115. The standard InChI is InChI=1S/C26H21FN6O3/c27-19-7-3-8-20(14-19)33(24(34)17-32-23-11-2-1-10-22(23)30-31-32)25(18-6-4-12-28-15-18)26(35)29-16-21-9-5-13-36-21/h1-15,25H,16-17H2,(H,29,35). The van der Waals surface area contributed by atoms with E-state index in [0.29, 0.717) is 22.4 Å². The van der Waals surface area contributed by atoms with Crippen molar-refractivity contribution in [2.75, 3.05) is 4.90 Å². The van der Waals surface area contributed by atoms with Crippen LogP contribution in [0.3, 0.4) is 0 Å². The maximum absolute atomic E-state index is 14.3. The summed E-state index contributed by atoms with van der Waals surface area (Å²) in [6.45, 7) is -0.110. The second-order valence-electron chi connectivity index (χ2n) is 7.97. The lowest BCUT2D eigenvalue weighted by molar-refractivity contribution is -0.127. The lowest BCUT2D eigenvalue weighted by Gasteiger charge is -2.31. The maximum Gasteiger partial charge on any atom is 0.249 e. The minimum absolute atomic E-state index is 0.113. The van der Waals surface area contributed by atoms with Crippen molar-refractivity contribution < 1.29 is 18.4 Å². The summed E-state index contributed by atoms with van der Waals surface area (Å²) >= 11 is 0. The molecule has 5 rings (SSSR count). The molecule has 0 saturated carbocycles. The monoisotopic (exact) mass is 484 g/mol. The molecular formula is C26H21FN6O3. The van der Waals surface area contributed by atoms with E-state index < -0.39 is 23.7 Å². The zero-order valence-corrected chi connectivity index (χ0v) is 19.0. The van der Waals surface area contributed by atoms with Crippen LogP contribution in [0, 0.1) is 5.82 Å². The highest BCUT2D eigenvalue weighted by atomic mass is 19.1. The van der Waals surface area contributed by atoms with Crippen LogP contribution in [0.4, 0.5) is 10.1 Å². The number of carbonyl (C=O) groups excluding carboxylic acids is 2. The highest BCUT2D eigenvalue weighted by Crippen LogP contribution is 2.29. The molecule has 2 amide bonds. The van der Waals surface area contributed by atoms with Gasteiger partial charge in [0.05, 0.1) is 18.3 Å². The molecule has 0 bridgehead atoms. The van der Waals surface area contributed by atoms with Gasteiger partial charge in [0.25, 0.3) is 0 Å². The number of carbonyl (C=O) groups is 2. The van der Waals surface area contributed by atoms with E-state index in [1.54, 1.807) is 48.7 Å². The molecule has 3 aromatic heterocycles. The quantitative estimate of drug-likeness (QED) is 0.360. The van der Waals surface area contributed by atoms with Crippen molar-refractivity contribution in [2.24, 2.45) is 0 Å². The molecule has 0 radical (unpaired) electrons. The number of halogens is 1. The Morgan fingerprint density at radius 2 is 1.94 bits per heavy atom. The van der Waals surface area contributed by atoms with Crippen molar-refractivity contribution in [1.82, 2.24) is 25.3 Å². The van der Waals surface area contributed by atoms with Gasteiger partial charge in [-0.25, -0.2) is 9.07 Å². The number of pyridine rings is 1. The van der Waals surface area contributed by atoms with Crippen LogP contribution in [0.5, 0.6) is 0 Å². The van der Waals surface area contributed by atoms with Gasteiger partial charge >= 0.3 is 0 Å². The molecule has 0 saturated heterocycles. The third-order valence-electron chi connectivity index (χ3n) is 5.58. The fourth-order valence-corrected chi connectivity index (χ4v) is 3.94. The van der Waals surface area contributed by atoms with E-state index in [1.807, 2.05) is 12.1 Å². The molecular weight excluding hydrogens is 463 g/mol. The van der Waals surface area contributed by atoms with Crippen LogP contribution in [0.2, 0.25) is 0 Å². The van der Waals surface area contributed by atoms with E-state index in [9.17, 15) is 14.0 Å². The Bertz CT molecular complexity index is 1490. The van der Waals surface area contributed by atoms with Gasteiger partial charge in [0.1, 0.15) is 29.7 Å². The molecule has 1 unspecified atom stereocenters. The third kappa shape index (κ3) is 4.83.